The maximum atomic E-state index is 5.54. The molecule has 3 heterocycles. The van der Waals surface area contributed by atoms with E-state index in [0.29, 0.717) is 17.3 Å². The van der Waals surface area contributed by atoms with E-state index < -0.39 is 0 Å². The molecule has 0 radical (unpaired) electrons. The van der Waals surface area contributed by atoms with Crippen LogP contribution in [0, 0.1) is 0 Å². The third kappa shape index (κ3) is 1.73. The number of hydrogen-bond donors (Lipinski definition) is 1. The van der Waals surface area contributed by atoms with Crippen LogP contribution < -0.4 is 10.1 Å². The molecule has 0 saturated carbocycles. The summed E-state index contributed by atoms with van der Waals surface area (Å²) >= 11 is 0. The molecule has 0 unspecified atom stereocenters. The van der Waals surface area contributed by atoms with E-state index in [1.54, 1.807) is 31.3 Å². The smallest absolute Gasteiger partial charge is 0.342 e. The van der Waals surface area contributed by atoms with Crippen molar-refractivity contribution in [2.45, 2.75) is 0 Å². The number of anilines is 1. The highest BCUT2D eigenvalue weighted by Gasteiger charge is 2.11. The first-order valence-electron chi connectivity index (χ1n) is 5.31. The van der Waals surface area contributed by atoms with Crippen LogP contribution in [0.2, 0.25) is 0 Å². The Balaban J connectivity index is 2.06. The molecule has 0 aliphatic carbocycles. The highest BCUT2D eigenvalue weighted by Crippen LogP contribution is 2.22. The largest absolute Gasteiger partial charge is 0.400 e. The van der Waals surface area contributed by atoms with Crippen LogP contribution >= 0.6 is 0 Å². The molecular formula is C10H11N7O. The molecule has 8 heteroatoms. The zero-order valence-corrected chi connectivity index (χ0v) is 9.90. The summed E-state index contributed by atoms with van der Waals surface area (Å²) in [5, 5.41) is 6.99. The Kier molecular flexibility index (Phi) is 2.33. The maximum absolute atomic E-state index is 5.54. The summed E-state index contributed by atoms with van der Waals surface area (Å²) in [7, 11) is 3.55. The first kappa shape index (κ1) is 10.5. The third-order valence-electron chi connectivity index (χ3n) is 2.37. The van der Waals surface area contributed by atoms with Gasteiger partial charge in [-0.2, -0.15) is 9.97 Å². The number of hydrogen-bond acceptors (Lipinski definition) is 6. The summed E-state index contributed by atoms with van der Waals surface area (Å²) in [5.41, 5.74) is 0.612. The Hall–Kier alpha value is -2.64. The molecule has 0 bridgehead atoms. The molecule has 0 fully saturated rings. The van der Waals surface area contributed by atoms with Crippen LogP contribution in [0.5, 0.6) is 11.9 Å². The number of nitrogens with one attached hydrogen (secondary N) is 1. The topological polar surface area (TPSA) is 82.2 Å². The molecule has 0 spiro atoms. The molecule has 0 saturated heterocycles. The number of nitrogens with zero attached hydrogens (tertiary/aromatic N) is 6. The van der Waals surface area contributed by atoms with E-state index >= 15 is 0 Å². The van der Waals surface area contributed by atoms with Gasteiger partial charge in [-0.15, -0.1) is 5.10 Å². The van der Waals surface area contributed by atoms with Crippen molar-refractivity contribution in [3.05, 3.63) is 24.9 Å². The lowest BCUT2D eigenvalue weighted by Crippen LogP contribution is -2.00. The van der Waals surface area contributed by atoms with Crippen molar-refractivity contribution >= 4 is 11.5 Å². The van der Waals surface area contributed by atoms with Crippen molar-refractivity contribution in [1.82, 2.24) is 29.1 Å². The second-order valence-corrected chi connectivity index (χ2v) is 3.64. The van der Waals surface area contributed by atoms with Crippen LogP contribution in [0.4, 0.5) is 5.82 Å². The molecular weight excluding hydrogens is 234 g/mol. The lowest BCUT2D eigenvalue weighted by Gasteiger charge is -2.05. The first-order valence-corrected chi connectivity index (χ1v) is 5.31. The van der Waals surface area contributed by atoms with Gasteiger partial charge in [0.05, 0.1) is 6.20 Å². The molecule has 18 heavy (non-hydrogen) atoms. The number of aryl methyl sites for hydroxylation is 1. The molecule has 0 aliphatic heterocycles. The summed E-state index contributed by atoms with van der Waals surface area (Å²) in [6, 6.07) is 0.239. The molecule has 3 rings (SSSR count). The Morgan fingerprint density at radius 1 is 1.33 bits per heavy atom. The summed E-state index contributed by atoms with van der Waals surface area (Å²) in [6.07, 6.45) is 6.87. The van der Waals surface area contributed by atoms with Crippen LogP contribution in [0.1, 0.15) is 0 Å². The van der Waals surface area contributed by atoms with Gasteiger partial charge in [0.2, 0.25) is 5.65 Å². The molecule has 92 valence electrons. The lowest BCUT2D eigenvalue weighted by molar-refractivity contribution is 0.425. The molecule has 3 aromatic heterocycles. The van der Waals surface area contributed by atoms with Gasteiger partial charge in [-0.05, 0) is 0 Å². The van der Waals surface area contributed by atoms with Crippen molar-refractivity contribution in [2.24, 2.45) is 7.05 Å². The lowest BCUT2D eigenvalue weighted by atomic mass is 10.6. The van der Waals surface area contributed by atoms with Gasteiger partial charge in [0, 0.05) is 26.5 Å². The Bertz CT molecular complexity index is 686. The summed E-state index contributed by atoms with van der Waals surface area (Å²) in [4.78, 5) is 12.5. The Morgan fingerprint density at radius 2 is 2.22 bits per heavy atom. The molecule has 0 aromatic carbocycles. The molecule has 0 amide bonds. The van der Waals surface area contributed by atoms with Crippen LogP contribution in [0.15, 0.2) is 24.9 Å². The number of ether oxygens (including phenoxy) is 1. The zero-order valence-electron chi connectivity index (χ0n) is 9.90. The van der Waals surface area contributed by atoms with Gasteiger partial charge >= 0.3 is 6.01 Å². The average Bonchev–Trinajstić information content (AvgIpc) is 2.98. The maximum Gasteiger partial charge on any atom is 0.342 e. The standard InChI is InChI=1S/C10H11N7O/c1-11-7-5-17-4-3-12-8(17)9(14-7)18-10-13-6-16(2)15-10/h3-6,11H,1-2H3. The van der Waals surface area contributed by atoms with Crippen molar-refractivity contribution in [2.75, 3.05) is 12.4 Å². The summed E-state index contributed by atoms with van der Waals surface area (Å²) in [5.74, 6) is 1.03. The van der Waals surface area contributed by atoms with Gasteiger partial charge in [-0.1, -0.05) is 0 Å². The molecule has 8 nitrogen and oxygen atoms in total. The van der Waals surface area contributed by atoms with Crippen molar-refractivity contribution in [1.29, 1.82) is 0 Å². The normalized spacial score (nSPS) is 10.8. The van der Waals surface area contributed by atoms with Crippen LogP contribution in [0.3, 0.4) is 0 Å². The van der Waals surface area contributed by atoms with Gasteiger partial charge in [0.1, 0.15) is 12.1 Å². The van der Waals surface area contributed by atoms with E-state index in [1.165, 1.54) is 0 Å². The average molecular weight is 245 g/mol. The van der Waals surface area contributed by atoms with Crippen LogP contribution in [0.25, 0.3) is 5.65 Å². The van der Waals surface area contributed by atoms with Crippen molar-refractivity contribution in [3.8, 4) is 11.9 Å². The number of imidazole rings is 1. The van der Waals surface area contributed by atoms with Gasteiger partial charge in [-0.25, -0.2) is 4.98 Å². The van der Waals surface area contributed by atoms with Crippen molar-refractivity contribution in [3.63, 3.8) is 0 Å². The fraction of sp³-hybridized carbons (Fsp3) is 0.200. The minimum Gasteiger partial charge on any atom is -0.400 e. The molecule has 0 atom stereocenters. The second-order valence-electron chi connectivity index (χ2n) is 3.64. The monoisotopic (exact) mass is 245 g/mol. The minimum absolute atomic E-state index is 0.239. The van der Waals surface area contributed by atoms with E-state index in [-0.39, 0.29) is 6.01 Å². The fourth-order valence-corrected chi connectivity index (χ4v) is 1.54. The van der Waals surface area contributed by atoms with E-state index in [1.807, 2.05) is 16.8 Å². The van der Waals surface area contributed by atoms with E-state index in [4.69, 9.17) is 4.74 Å². The first-order chi connectivity index (χ1) is 8.76. The van der Waals surface area contributed by atoms with Crippen LogP contribution in [-0.2, 0) is 7.05 Å². The highest BCUT2D eigenvalue weighted by atomic mass is 16.5. The summed E-state index contributed by atoms with van der Waals surface area (Å²) < 4.78 is 8.91. The van der Waals surface area contributed by atoms with Gasteiger partial charge in [0.15, 0.2) is 0 Å². The fourth-order valence-electron chi connectivity index (χ4n) is 1.54. The van der Waals surface area contributed by atoms with Crippen LogP contribution in [-0.4, -0.2) is 36.2 Å². The van der Waals surface area contributed by atoms with E-state index in [9.17, 15) is 0 Å². The zero-order chi connectivity index (χ0) is 12.5. The number of rotatable bonds is 3. The predicted octanol–water partition coefficient (Wildman–Crippen LogP) is 0.692. The Labute approximate surface area is 102 Å². The van der Waals surface area contributed by atoms with Gasteiger partial charge in [0.25, 0.3) is 5.88 Å². The van der Waals surface area contributed by atoms with Crippen molar-refractivity contribution < 1.29 is 4.74 Å². The highest BCUT2D eigenvalue weighted by molar-refractivity contribution is 5.54. The molecule has 0 aliphatic rings. The SMILES string of the molecule is CNc1cn2ccnc2c(Oc2ncn(C)n2)n1. The van der Waals surface area contributed by atoms with E-state index in [0.717, 1.165) is 0 Å². The number of fused-ring (bicyclic) bond motifs is 1. The van der Waals surface area contributed by atoms with Gasteiger partial charge in [-0.3, -0.25) is 9.08 Å². The summed E-state index contributed by atoms with van der Waals surface area (Å²) in [6.45, 7) is 0. The second kappa shape index (κ2) is 3.99. The Morgan fingerprint density at radius 3 is 2.94 bits per heavy atom. The van der Waals surface area contributed by atoms with E-state index in [2.05, 4.69) is 25.4 Å². The number of aromatic nitrogens is 6. The molecule has 3 aromatic rings. The quantitative estimate of drug-likeness (QED) is 0.731. The minimum atomic E-state index is 0.239. The predicted molar refractivity (Wildman–Crippen MR) is 63.6 cm³/mol. The third-order valence-corrected chi connectivity index (χ3v) is 2.37. The van der Waals surface area contributed by atoms with Gasteiger partial charge < -0.3 is 10.1 Å². The molecule has 1 N–H and O–H groups in total.